The number of hydrogen-bond acceptors (Lipinski definition) is 4. The molecule has 0 saturated heterocycles. The lowest BCUT2D eigenvalue weighted by molar-refractivity contribution is 0.403. The number of rotatable bonds is 4. The second-order valence-corrected chi connectivity index (χ2v) is 5.30. The van der Waals surface area contributed by atoms with E-state index in [1.54, 1.807) is 12.1 Å². The summed E-state index contributed by atoms with van der Waals surface area (Å²) in [4.78, 5) is 4.69. The molecule has 0 amide bonds. The highest BCUT2D eigenvalue weighted by Crippen LogP contribution is 2.25. The van der Waals surface area contributed by atoms with Gasteiger partial charge in [0.15, 0.2) is 11.5 Å². The highest BCUT2D eigenvalue weighted by Gasteiger charge is 2.17. The Hall–Kier alpha value is -2.20. The number of hydrogen-bond donors (Lipinski definition) is 3. The molecular formula is C17H19ClN2O2. The molecule has 0 spiro atoms. The van der Waals surface area contributed by atoms with E-state index in [1.807, 2.05) is 18.2 Å². The normalized spacial score (nSPS) is 16.5. The van der Waals surface area contributed by atoms with Crippen LogP contribution in [0.4, 0.5) is 0 Å². The number of nitrogens with one attached hydrogen (secondary N) is 1. The third-order valence-electron chi connectivity index (χ3n) is 3.61. The first-order valence-corrected chi connectivity index (χ1v) is 7.06. The van der Waals surface area contributed by atoms with E-state index in [-0.39, 0.29) is 29.9 Å². The summed E-state index contributed by atoms with van der Waals surface area (Å²) in [7, 11) is 0. The molecule has 116 valence electrons. The Morgan fingerprint density at radius 2 is 1.77 bits per heavy atom. The summed E-state index contributed by atoms with van der Waals surface area (Å²) in [5, 5.41) is 22.1. The van der Waals surface area contributed by atoms with E-state index >= 15 is 0 Å². The monoisotopic (exact) mass is 318 g/mol. The molecule has 0 bridgehead atoms. The number of halogens is 1. The predicted molar refractivity (Wildman–Crippen MR) is 90.1 cm³/mol. The van der Waals surface area contributed by atoms with Gasteiger partial charge in [0.1, 0.15) is 5.84 Å². The van der Waals surface area contributed by atoms with Crippen molar-refractivity contribution < 1.29 is 10.2 Å². The molecular weight excluding hydrogens is 300 g/mol. The fourth-order valence-electron chi connectivity index (χ4n) is 2.53. The lowest BCUT2D eigenvalue weighted by atomic mass is 10.1. The van der Waals surface area contributed by atoms with Gasteiger partial charge < -0.3 is 15.5 Å². The Kier molecular flexibility index (Phi) is 5.28. The standard InChI is InChI=1S/C17H18N2O2.ClH/c20-15-7-6-13(9-16(15)21)10-17-18-11-14(19-17)8-12-4-2-1-3-5-12;/h1-7,9,14,20-21H,8,10-11H2,(H,18,19);1H/t14-;/m1./s1. The molecule has 22 heavy (non-hydrogen) atoms. The van der Waals surface area contributed by atoms with Gasteiger partial charge in [-0.2, -0.15) is 0 Å². The van der Waals surface area contributed by atoms with Crippen LogP contribution in [0.3, 0.4) is 0 Å². The van der Waals surface area contributed by atoms with E-state index in [2.05, 4.69) is 17.4 Å². The van der Waals surface area contributed by atoms with Crippen molar-refractivity contribution >= 4 is 18.2 Å². The third kappa shape index (κ3) is 3.92. The lowest BCUT2D eigenvalue weighted by Gasteiger charge is -2.04. The van der Waals surface area contributed by atoms with Crippen molar-refractivity contribution in [1.29, 1.82) is 0 Å². The van der Waals surface area contributed by atoms with E-state index in [9.17, 15) is 10.2 Å². The van der Waals surface area contributed by atoms with Crippen LogP contribution >= 0.6 is 12.4 Å². The predicted octanol–water partition coefficient (Wildman–Crippen LogP) is 2.68. The molecule has 0 saturated carbocycles. The summed E-state index contributed by atoms with van der Waals surface area (Å²) < 4.78 is 0. The van der Waals surface area contributed by atoms with E-state index in [0.29, 0.717) is 6.42 Å². The van der Waals surface area contributed by atoms with Crippen LogP contribution in [0.15, 0.2) is 53.5 Å². The zero-order valence-electron chi connectivity index (χ0n) is 12.1. The Morgan fingerprint density at radius 3 is 2.50 bits per heavy atom. The van der Waals surface area contributed by atoms with Crippen LogP contribution in [-0.2, 0) is 12.8 Å². The van der Waals surface area contributed by atoms with Crippen molar-refractivity contribution in [3.63, 3.8) is 0 Å². The van der Waals surface area contributed by atoms with Gasteiger partial charge in [-0.05, 0) is 29.7 Å². The van der Waals surface area contributed by atoms with Crippen LogP contribution in [0.2, 0.25) is 0 Å². The zero-order chi connectivity index (χ0) is 14.7. The maximum absolute atomic E-state index is 9.51. The molecule has 3 N–H and O–H groups in total. The highest BCUT2D eigenvalue weighted by molar-refractivity contribution is 5.86. The van der Waals surface area contributed by atoms with Gasteiger partial charge >= 0.3 is 0 Å². The number of phenolic OH excluding ortho intramolecular Hbond substituents is 2. The highest BCUT2D eigenvalue weighted by atomic mass is 35.5. The Balaban J connectivity index is 0.00000176. The van der Waals surface area contributed by atoms with Gasteiger partial charge in [0.25, 0.3) is 0 Å². The van der Waals surface area contributed by atoms with Crippen LogP contribution < -0.4 is 5.32 Å². The zero-order valence-corrected chi connectivity index (χ0v) is 12.9. The van der Waals surface area contributed by atoms with E-state index in [0.717, 1.165) is 24.4 Å². The number of benzene rings is 2. The lowest BCUT2D eigenvalue weighted by Crippen LogP contribution is -2.23. The summed E-state index contributed by atoms with van der Waals surface area (Å²) in [5.74, 6) is 0.745. The fourth-order valence-corrected chi connectivity index (χ4v) is 2.53. The molecule has 2 aromatic carbocycles. The van der Waals surface area contributed by atoms with Crippen LogP contribution in [0, 0.1) is 0 Å². The molecule has 0 radical (unpaired) electrons. The molecule has 1 aliphatic heterocycles. The van der Waals surface area contributed by atoms with Gasteiger partial charge in [-0.25, -0.2) is 0 Å². The molecule has 1 heterocycles. The minimum atomic E-state index is -0.0953. The molecule has 5 heteroatoms. The van der Waals surface area contributed by atoms with Gasteiger partial charge in [-0.3, -0.25) is 4.99 Å². The van der Waals surface area contributed by atoms with Crippen molar-refractivity contribution in [2.24, 2.45) is 4.99 Å². The van der Waals surface area contributed by atoms with Crippen LogP contribution in [0.25, 0.3) is 0 Å². The first-order chi connectivity index (χ1) is 10.2. The SMILES string of the molecule is Cl.Oc1ccc(CC2=N[C@H](Cc3ccccc3)CN2)cc1O. The van der Waals surface area contributed by atoms with Crippen molar-refractivity contribution in [3.05, 3.63) is 59.7 Å². The van der Waals surface area contributed by atoms with Crippen LogP contribution in [-0.4, -0.2) is 28.6 Å². The average molecular weight is 319 g/mol. The van der Waals surface area contributed by atoms with Gasteiger partial charge in [0.05, 0.1) is 6.04 Å². The molecule has 3 rings (SSSR count). The van der Waals surface area contributed by atoms with Crippen molar-refractivity contribution in [1.82, 2.24) is 5.32 Å². The van der Waals surface area contributed by atoms with Crippen LogP contribution in [0.1, 0.15) is 11.1 Å². The molecule has 0 fully saturated rings. The Labute approximate surface area is 135 Å². The maximum Gasteiger partial charge on any atom is 0.157 e. The van der Waals surface area contributed by atoms with Crippen molar-refractivity contribution in [2.45, 2.75) is 18.9 Å². The summed E-state index contributed by atoms with van der Waals surface area (Å²) in [6, 6.07) is 15.5. The molecule has 0 unspecified atom stereocenters. The minimum absolute atomic E-state index is 0. The van der Waals surface area contributed by atoms with Gasteiger partial charge in [-0.15, -0.1) is 12.4 Å². The fraction of sp³-hybridized carbons (Fsp3) is 0.235. The van der Waals surface area contributed by atoms with Gasteiger partial charge in [0.2, 0.25) is 0 Å². The summed E-state index contributed by atoms with van der Waals surface area (Å²) in [5.41, 5.74) is 2.22. The second kappa shape index (κ2) is 7.18. The quantitative estimate of drug-likeness (QED) is 0.759. The van der Waals surface area contributed by atoms with Gasteiger partial charge in [0, 0.05) is 13.0 Å². The van der Waals surface area contributed by atoms with E-state index in [1.165, 1.54) is 11.6 Å². The Bertz CT molecular complexity index is 659. The summed E-state index contributed by atoms with van der Waals surface area (Å²) in [6.45, 7) is 0.842. The number of nitrogens with zero attached hydrogens (tertiary/aromatic N) is 1. The van der Waals surface area contributed by atoms with Crippen molar-refractivity contribution in [2.75, 3.05) is 6.54 Å². The molecule has 0 aromatic heterocycles. The number of phenols is 2. The molecule has 0 aliphatic carbocycles. The average Bonchev–Trinajstić information content (AvgIpc) is 2.91. The number of aromatic hydroxyl groups is 2. The first-order valence-electron chi connectivity index (χ1n) is 7.06. The van der Waals surface area contributed by atoms with Crippen LogP contribution in [0.5, 0.6) is 11.5 Å². The third-order valence-corrected chi connectivity index (χ3v) is 3.61. The van der Waals surface area contributed by atoms with Crippen molar-refractivity contribution in [3.8, 4) is 11.5 Å². The maximum atomic E-state index is 9.51. The Morgan fingerprint density at radius 1 is 1.00 bits per heavy atom. The molecule has 2 aromatic rings. The summed E-state index contributed by atoms with van der Waals surface area (Å²) in [6.07, 6.45) is 1.57. The van der Waals surface area contributed by atoms with E-state index in [4.69, 9.17) is 4.99 Å². The smallest absolute Gasteiger partial charge is 0.157 e. The van der Waals surface area contributed by atoms with Gasteiger partial charge in [-0.1, -0.05) is 36.4 Å². The molecule has 1 aliphatic rings. The summed E-state index contributed by atoms with van der Waals surface area (Å²) >= 11 is 0. The number of amidine groups is 1. The second-order valence-electron chi connectivity index (χ2n) is 5.30. The van der Waals surface area contributed by atoms with E-state index < -0.39 is 0 Å². The largest absolute Gasteiger partial charge is 0.504 e. The number of aliphatic imine (C=N–C) groups is 1. The minimum Gasteiger partial charge on any atom is -0.504 e. The topological polar surface area (TPSA) is 64.9 Å². The first kappa shape index (κ1) is 16.2. The molecule has 1 atom stereocenters. The molecule has 4 nitrogen and oxygen atoms in total.